The molecule has 0 saturated carbocycles. The number of carbonyl (C=O) groups is 1. The average molecular weight is 389 g/mol. The summed E-state index contributed by atoms with van der Waals surface area (Å²) in [6.45, 7) is 2.27. The maximum absolute atomic E-state index is 12.9. The summed E-state index contributed by atoms with van der Waals surface area (Å²) < 4.78 is 6.10. The Bertz CT molecular complexity index is 1180. The number of amides is 1. The number of hydrogen-bond donors (Lipinski definition) is 1. The van der Waals surface area contributed by atoms with Gasteiger partial charge >= 0.3 is 0 Å². The molecule has 140 valence electrons. The molecular weight excluding hydrogens is 370 g/mol. The van der Waals surface area contributed by atoms with Gasteiger partial charge in [0.05, 0.1) is 10.9 Å². The van der Waals surface area contributed by atoms with Gasteiger partial charge in [-0.3, -0.25) is 9.59 Å². The second kappa shape index (κ2) is 7.82. The Kier molecular flexibility index (Phi) is 5.08. The third-order valence-corrected chi connectivity index (χ3v) is 5.44. The average Bonchev–Trinajstić information content (AvgIpc) is 3.24. The molecule has 2 aromatic heterocycles. The van der Waals surface area contributed by atoms with Crippen LogP contribution >= 0.6 is 11.3 Å². The van der Waals surface area contributed by atoms with Gasteiger partial charge in [0.2, 0.25) is 0 Å². The van der Waals surface area contributed by atoms with Gasteiger partial charge in [-0.15, -0.1) is 0 Å². The standard InChI is InChI=1S/C23H19NO3S/c1-15-20(25)18-8-5-9-19(23(26)24-12-10-16-11-13-28-14-16)22(18)27-21(15)17-6-3-2-4-7-17/h2-9,11,13-14H,10,12H2,1H3,(H,24,26). The predicted octanol–water partition coefficient (Wildman–Crippen LogP) is 4.80. The van der Waals surface area contributed by atoms with E-state index in [4.69, 9.17) is 4.42 Å². The largest absolute Gasteiger partial charge is 0.455 e. The third-order valence-electron chi connectivity index (χ3n) is 4.70. The molecule has 4 aromatic rings. The molecule has 0 unspecified atom stereocenters. The summed E-state index contributed by atoms with van der Waals surface area (Å²) in [5.41, 5.74) is 3.12. The van der Waals surface area contributed by atoms with E-state index in [-0.39, 0.29) is 11.3 Å². The number of hydrogen-bond acceptors (Lipinski definition) is 4. The van der Waals surface area contributed by atoms with E-state index in [1.165, 1.54) is 5.56 Å². The summed E-state index contributed by atoms with van der Waals surface area (Å²) >= 11 is 1.64. The lowest BCUT2D eigenvalue weighted by Gasteiger charge is -2.10. The van der Waals surface area contributed by atoms with Crippen molar-refractivity contribution >= 4 is 28.2 Å². The van der Waals surface area contributed by atoms with Gasteiger partial charge in [-0.2, -0.15) is 11.3 Å². The molecule has 0 fully saturated rings. The molecule has 2 aromatic carbocycles. The summed E-state index contributed by atoms with van der Waals surface area (Å²) in [5.74, 6) is 0.253. The van der Waals surface area contributed by atoms with E-state index in [0.29, 0.717) is 34.4 Å². The van der Waals surface area contributed by atoms with Crippen LogP contribution in [0.2, 0.25) is 0 Å². The number of benzene rings is 2. The van der Waals surface area contributed by atoms with E-state index in [1.807, 2.05) is 41.8 Å². The van der Waals surface area contributed by atoms with Crippen molar-refractivity contribution in [2.75, 3.05) is 6.54 Å². The lowest BCUT2D eigenvalue weighted by molar-refractivity contribution is 0.0955. The minimum Gasteiger partial charge on any atom is -0.455 e. The summed E-state index contributed by atoms with van der Waals surface area (Å²) in [6.07, 6.45) is 0.762. The highest BCUT2D eigenvalue weighted by Gasteiger charge is 2.18. The number of fused-ring (bicyclic) bond motifs is 1. The van der Waals surface area contributed by atoms with Crippen molar-refractivity contribution in [3.05, 3.63) is 92.3 Å². The smallest absolute Gasteiger partial charge is 0.255 e. The summed E-state index contributed by atoms with van der Waals surface area (Å²) in [4.78, 5) is 25.6. The molecule has 0 radical (unpaired) electrons. The zero-order valence-corrected chi connectivity index (χ0v) is 16.2. The molecule has 4 rings (SSSR count). The third kappa shape index (κ3) is 3.49. The van der Waals surface area contributed by atoms with Crippen LogP contribution in [-0.2, 0) is 6.42 Å². The summed E-state index contributed by atoms with van der Waals surface area (Å²) in [6, 6.07) is 16.6. The molecule has 0 aliphatic rings. The van der Waals surface area contributed by atoms with Gasteiger partial charge in [-0.05, 0) is 47.9 Å². The van der Waals surface area contributed by atoms with E-state index in [9.17, 15) is 9.59 Å². The van der Waals surface area contributed by atoms with E-state index in [0.717, 1.165) is 12.0 Å². The highest BCUT2D eigenvalue weighted by Crippen LogP contribution is 2.27. The quantitative estimate of drug-likeness (QED) is 0.533. The Hall–Kier alpha value is -3.18. The van der Waals surface area contributed by atoms with Gasteiger partial charge in [0.25, 0.3) is 5.91 Å². The Labute approximate surface area is 166 Å². The van der Waals surface area contributed by atoms with Crippen molar-refractivity contribution in [1.29, 1.82) is 0 Å². The van der Waals surface area contributed by atoms with Crippen LogP contribution < -0.4 is 10.7 Å². The molecule has 5 heteroatoms. The molecule has 0 aliphatic carbocycles. The molecule has 0 bridgehead atoms. The minimum atomic E-state index is -0.244. The summed E-state index contributed by atoms with van der Waals surface area (Å²) in [7, 11) is 0. The first-order valence-electron chi connectivity index (χ1n) is 9.06. The molecule has 0 spiro atoms. The number of nitrogens with one attached hydrogen (secondary N) is 1. The Morgan fingerprint density at radius 3 is 2.64 bits per heavy atom. The maximum Gasteiger partial charge on any atom is 0.255 e. The lowest BCUT2D eigenvalue weighted by atomic mass is 10.0. The number of thiophene rings is 1. The van der Waals surface area contributed by atoms with Crippen LogP contribution in [0.3, 0.4) is 0 Å². The van der Waals surface area contributed by atoms with Gasteiger partial charge in [0.1, 0.15) is 5.76 Å². The van der Waals surface area contributed by atoms with Crippen LogP contribution in [-0.4, -0.2) is 12.5 Å². The van der Waals surface area contributed by atoms with Crippen molar-refractivity contribution in [1.82, 2.24) is 5.32 Å². The van der Waals surface area contributed by atoms with Gasteiger partial charge in [-0.1, -0.05) is 36.4 Å². The highest BCUT2D eigenvalue weighted by atomic mass is 32.1. The SMILES string of the molecule is Cc1c(-c2ccccc2)oc2c(C(=O)NCCc3ccsc3)cccc2c1=O. The Balaban J connectivity index is 1.71. The van der Waals surface area contributed by atoms with Crippen molar-refractivity contribution in [2.24, 2.45) is 0 Å². The molecule has 0 atom stereocenters. The van der Waals surface area contributed by atoms with Crippen molar-refractivity contribution < 1.29 is 9.21 Å². The topological polar surface area (TPSA) is 59.3 Å². The van der Waals surface area contributed by atoms with Crippen LogP contribution in [0, 0.1) is 6.92 Å². The first-order valence-corrected chi connectivity index (χ1v) is 10.0. The maximum atomic E-state index is 12.9. The first kappa shape index (κ1) is 18.2. The molecule has 4 nitrogen and oxygen atoms in total. The molecule has 2 heterocycles. The fourth-order valence-electron chi connectivity index (χ4n) is 3.20. The zero-order valence-electron chi connectivity index (χ0n) is 15.4. The van der Waals surface area contributed by atoms with Gasteiger partial charge in [0, 0.05) is 17.7 Å². The van der Waals surface area contributed by atoms with Crippen LogP contribution in [0.15, 0.2) is 74.6 Å². The van der Waals surface area contributed by atoms with E-state index in [1.54, 1.807) is 36.5 Å². The predicted molar refractivity (Wildman–Crippen MR) is 113 cm³/mol. The molecule has 1 N–H and O–H groups in total. The molecule has 1 amide bonds. The monoisotopic (exact) mass is 389 g/mol. The summed E-state index contributed by atoms with van der Waals surface area (Å²) in [5, 5.41) is 7.43. The second-order valence-corrected chi connectivity index (χ2v) is 7.35. The molecule has 0 aliphatic heterocycles. The number of rotatable bonds is 5. The van der Waals surface area contributed by atoms with Crippen LogP contribution in [0.1, 0.15) is 21.5 Å². The van der Waals surface area contributed by atoms with Crippen LogP contribution in [0.5, 0.6) is 0 Å². The van der Waals surface area contributed by atoms with E-state index in [2.05, 4.69) is 10.7 Å². The number of carbonyl (C=O) groups excluding carboxylic acids is 1. The van der Waals surface area contributed by atoms with Gasteiger partial charge < -0.3 is 9.73 Å². The molecule has 28 heavy (non-hydrogen) atoms. The van der Waals surface area contributed by atoms with Gasteiger partial charge in [-0.25, -0.2) is 0 Å². The fourth-order valence-corrected chi connectivity index (χ4v) is 3.91. The van der Waals surface area contributed by atoms with Crippen molar-refractivity contribution in [2.45, 2.75) is 13.3 Å². The minimum absolute atomic E-state index is 0.118. The normalized spacial score (nSPS) is 10.9. The van der Waals surface area contributed by atoms with Gasteiger partial charge in [0.15, 0.2) is 11.0 Å². The number of para-hydroxylation sites is 1. The Morgan fingerprint density at radius 2 is 1.89 bits per heavy atom. The second-order valence-electron chi connectivity index (χ2n) is 6.57. The van der Waals surface area contributed by atoms with Crippen molar-refractivity contribution in [3.63, 3.8) is 0 Å². The molecule has 0 saturated heterocycles. The molecular formula is C23H19NO3S. The van der Waals surface area contributed by atoms with Crippen molar-refractivity contribution in [3.8, 4) is 11.3 Å². The fraction of sp³-hybridized carbons (Fsp3) is 0.130. The Morgan fingerprint density at radius 1 is 1.07 bits per heavy atom. The van der Waals surface area contributed by atoms with E-state index < -0.39 is 0 Å². The van der Waals surface area contributed by atoms with Crippen LogP contribution in [0.4, 0.5) is 0 Å². The lowest BCUT2D eigenvalue weighted by Crippen LogP contribution is -2.26. The first-order chi connectivity index (χ1) is 13.6. The van der Waals surface area contributed by atoms with E-state index >= 15 is 0 Å². The van der Waals surface area contributed by atoms with Crippen LogP contribution in [0.25, 0.3) is 22.3 Å². The highest BCUT2D eigenvalue weighted by molar-refractivity contribution is 7.07. The zero-order chi connectivity index (χ0) is 19.5.